The van der Waals surface area contributed by atoms with Crippen molar-refractivity contribution in [3.63, 3.8) is 0 Å². The number of carboxylic acids is 1. The van der Waals surface area contributed by atoms with Crippen molar-refractivity contribution in [2.75, 3.05) is 0 Å². The van der Waals surface area contributed by atoms with E-state index in [1.807, 2.05) is 12.1 Å². The van der Waals surface area contributed by atoms with Crippen molar-refractivity contribution in [1.29, 1.82) is 0 Å². The molecule has 116 valence electrons. The first-order chi connectivity index (χ1) is 10.0. The van der Waals surface area contributed by atoms with Crippen LogP contribution in [0.4, 0.5) is 0 Å². The van der Waals surface area contributed by atoms with Gasteiger partial charge in [0.15, 0.2) is 0 Å². The van der Waals surface area contributed by atoms with Crippen molar-refractivity contribution in [1.82, 2.24) is 0 Å². The summed E-state index contributed by atoms with van der Waals surface area (Å²) in [5.74, 6) is 3.93. The van der Waals surface area contributed by atoms with E-state index in [9.17, 15) is 14.7 Å². The van der Waals surface area contributed by atoms with E-state index >= 15 is 0 Å². The van der Waals surface area contributed by atoms with Crippen LogP contribution in [0.25, 0.3) is 10.8 Å². The maximum absolute atomic E-state index is 11.5. The summed E-state index contributed by atoms with van der Waals surface area (Å²) >= 11 is 0. The molecule has 0 fully saturated rings. The molecule has 2 aromatic rings. The van der Waals surface area contributed by atoms with Gasteiger partial charge in [-0.05, 0) is 16.3 Å². The summed E-state index contributed by atoms with van der Waals surface area (Å²) in [6, 6.07) is 10.4. The fraction of sp³-hybridized carbons (Fsp3) is 0.133. The Kier molecular flexibility index (Phi) is 5.62. The summed E-state index contributed by atoms with van der Waals surface area (Å²) in [6.07, 6.45) is 1.68. The Morgan fingerprint density at radius 2 is 1.86 bits per heavy atom. The lowest BCUT2D eigenvalue weighted by molar-refractivity contribution is -0.144. The molecule has 0 saturated heterocycles. The molecule has 0 amide bonds. The molecule has 0 bridgehead atoms. The number of nitrogens with two attached hydrogens (primary N) is 2. The molecule has 0 radical (unpaired) electrons. The minimum Gasteiger partial charge on any atom is -0.480 e. The van der Waals surface area contributed by atoms with Crippen LogP contribution < -0.4 is 11.6 Å². The lowest BCUT2D eigenvalue weighted by Gasteiger charge is -2.25. The second-order valence-corrected chi connectivity index (χ2v) is 4.67. The number of fused-ring (bicyclic) bond motifs is 1. The maximum Gasteiger partial charge on any atom is 0.328 e. The molecule has 22 heavy (non-hydrogen) atoms. The molecule has 0 spiro atoms. The summed E-state index contributed by atoms with van der Waals surface area (Å²) in [6.45, 7) is 0. The molecule has 0 saturated carbocycles. The van der Waals surface area contributed by atoms with Gasteiger partial charge in [-0.3, -0.25) is 0 Å². The van der Waals surface area contributed by atoms with E-state index in [1.165, 1.54) is 6.21 Å². The number of halogens is 1. The van der Waals surface area contributed by atoms with Crippen molar-refractivity contribution >= 4 is 41.6 Å². The predicted octanol–water partition coefficient (Wildman–Crippen LogP) is 1.38. The highest BCUT2D eigenvalue weighted by molar-refractivity contribution is 6.03. The molecule has 0 aliphatic rings. The smallest absolute Gasteiger partial charge is 0.328 e. The van der Waals surface area contributed by atoms with E-state index in [1.54, 1.807) is 24.3 Å². The molecule has 0 aliphatic heterocycles. The van der Waals surface area contributed by atoms with Crippen LogP contribution in [0.2, 0.25) is 0 Å². The average Bonchev–Trinajstić information content (AvgIpc) is 2.47. The van der Waals surface area contributed by atoms with Crippen LogP contribution in [0.15, 0.2) is 41.5 Å². The van der Waals surface area contributed by atoms with Crippen LogP contribution in [0.1, 0.15) is 17.5 Å². The molecular weight excluding hydrogens is 306 g/mol. The van der Waals surface area contributed by atoms with E-state index in [4.69, 9.17) is 11.6 Å². The number of hydrogen-bond donors (Lipinski definition) is 3. The summed E-state index contributed by atoms with van der Waals surface area (Å²) in [7, 11) is 0. The largest absolute Gasteiger partial charge is 0.480 e. The number of carboxylic acid groups (broad SMARTS) is 1. The Bertz CT molecular complexity index is 733. The molecule has 7 heteroatoms. The summed E-state index contributed by atoms with van der Waals surface area (Å²) < 4.78 is 0. The minimum absolute atomic E-state index is 0. The van der Waals surface area contributed by atoms with Gasteiger partial charge in [0.2, 0.25) is 0 Å². The second kappa shape index (κ2) is 7.02. The number of benzene rings is 2. The molecule has 2 aromatic carbocycles. The van der Waals surface area contributed by atoms with Gasteiger partial charge >= 0.3 is 5.97 Å². The van der Waals surface area contributed by atoms with E-state index in [0.29, 0.717) is 17.2 Å². The first-order valence-corrected chi connectivity index (χ1v) is 6.26. The Balaban J connectivity index is 0.00000242. The van der Waals surface area contributed by atoms with E-state index in [2.05, 4.69) is 5.10 Å². The Morgan fingerprint density at radius 1 is 1.23 bits per heavy atom. The van der Waals surface area contributed by atoms with Crippen LogP contribution in [-0.2, 0) is 15.1 Å². The SMILES string of the molecule is Cl.NN=Cc1ccc(C(N)(CC=O)C(=O)O)c2ccccc12. The fourth-order valence-corrected chi connectivity index (χ4v) is 2.35. The summed E-state index contributed by atoms with van der Waals surface area (Å²) in [4.78, 5) is 22.4. The molecule has 6 nitrogen and oxygen atoms in total. The number of aliphatic carboxylic acids is 1. The quantitative estimate of drug-likeness (QED) is 0.333. The Morgan fingerprint density at radius 3 is 2.41 bits per heavy atom. The lowest BCUT2D eigenvalue weighted by atomic mass is 9.84. The van der Waals surface area contributed by atoms with Crippen LogP contribution in [-0.4, -0.2) is 23.6 Å². The third-order valence-electron chi connectivity index (χ3n) is 3.44. The average molecular weight is 322 g/mol. The normalized spacial score (nSPS) is 13.5. The van der Waals surface area contributed by atoms with Crippen molar-refractivity contribution in [3.8, 4) is 0 Å². The van der Waals surface area contributed by atoms with Crippen molar-refractivity contribution in [2.24, 2.45) is 16.7 Å². The maximum atomic E-state index is 11.5. The third kappa shape index (κ3) is 2.93. The van der Waals surface area contributed by atoms with Crippen LogP contribution >= 0.6 is 12.4 Å². The van der Waals surface area contributed by atoms with Crippen molar-refractivity contribution < 1.29 is 14.7 Å². The zero-order valence-corrected chi connectivity index (χ0v) is 12.4. The number of hydrogen-bond acceptors (Lipinski definition) is 5. The first kappa shape index (κ1) is 17.6. The van der Waals surface area contributed by atoms with E-state index in [-0.39, 0.29) is 18.8 Å². The van der Waals surface area contributed by atoms with Crippen molar-refractivity contribution in [2.45, 2.75) is 12.0 Å². The molecule has 1 unspecified atom stereocenters. The fourth-order valence-electron chi connectivity index (χ4n) is 2.35. The highest BCUT2D eigenvalue weighted by atomic mass is 35.5. The molecule has 0 aliphatic carbocycles. The number of hydrazone groups is 1. The number of rotatable bonds is 5. The van der Waals surface area contributed by atoms with Gasteiger partial charge in [-0.1, -0.05) is 36.4 Å². The second-order valence-electron chi connectivity index (χ2n) is 4.67. The van der Waals surface area contributed by atoms with Gasteiger partial charge in [0.25, 0.3) is 0 Å². The van der Waals surface area contributed by atoms with Gasteiger partial charge in [0, 0.05) is 12.0 Å². The van der Waals surface area contributed by atoms with Gasteiger partial charge in [0.1, 0.15) is 11.8 Å². The monoisotopic (exact) mass is 321 g/mol. The first-order valence-electron chi connectivity index (χ1n) is 6.26. The molecule has 0 aromatic heterocycles. The number of carbonyl (C=O) groups is 2. The van der Waals surface area contributed by atoms with Crippen LogP contribution in [0.3, 0.4) is 0 Å². The zero-order chi connectivity index (χ0) is 15.5. The standard InChI is InChI=1S/C15H15N3O3.ClH/c16-15(7-8-19,14(20)21)13-6-5-10(9-18-17)11-3-1-2-4-12(11)13;/h1-6,8-9H,7,16-17H2,(H,20,21);1H. The molecule has 1 atom stereocenters. The topological polar surface area (TPSA) is 119 Å². The molecule has 0 heterocycles. The van der Waals surface area contributed by atoms with Crippen molar-refractivity contribution in [3.05, 3.63) is 47.5 Å². The highest BCUT2D eigenvalue weighted by Gasteiger charge is 2.37. The Hall–Kier alpha value is -2.44. The van der Waals surface area contributed by atoms with Gasteiger partial charge < -0.3 is 21.5 Å². The number of nitrogens with zero attached hydrogens (tertiary/aromatic N) is 1. The molecule has 5 N–H and O–H groups in total. The number of aldehydes is 1. The summed E-state index contributed by atoms with van der Waals surface area (Å²) in [5, 5.41) is 14.3. The van der Waals surface area contributed by atoms with E-state index in [0.717, 1.165) is 10.9 Å². The lowest BCUT2D eigenvalue weighted by Crippen LogP contribution is -2.45. The molecular formula is C15H16ClN3O3. The van der Waals surface area contributed by atoms with E-state index < -0.39 is 11.5 Å². The molecule has 2 rings (SSSR count). The predicted molar refractivity (Wildman–Crippen MR) is 87.2 cm³/mol. The zero-order valence-electron chi connectivity index (χ0n) is 11.6. The Labute approximate surface area is 133 Å². The highest BCUT2D eigenvalue weighted by Crippen LogP contribution is 2.31. The number of carbonyl (C=O) groups excluding carboxylic acids is 1. The van der Waals surface area contributed by atoms with Crippen LogP contribution in [0.5, 0.6) is 0 Å². The van der Waals surface area contributed by atoms with Gasteiger partial charge in [-0.2, -0.15) is 5.10 Å². The minimum atomic E-state index is -1.76. The van der Waals surface area contributed by atoms with Gasteiger partial charge in [-0.25, -0.2) is 4.79 Å². The third-order valence-corrected chi connectivity index (χ3v) is 3.44. The summed E-state index contributed by atoms with van der Waals surface area (Å²) in [5.41, 5.74) is 5.34. The van der Waals surface area contributed by atoms with Gasteiger partial charge in [-0.15, -0.1) is 12.4 Å². The van der Waals surface area contributed by atoms with Gasteiger partial charge in [0.05, 0.1) is 6.21 Å². The van der Waals surface area contributed by atoms with Crippen LogP contribution in [0, 0.1) is 0 Å².